The summed E-state index contributed by atoms with van der Waals surface area (Å²) in [6, 6.07) is 0. The number of carbonyl (C=O) groups excluding carboxylic acids is 1. The quantitative estimate of drug-likeness (QED) is 0.731. The van der Waals surface area contributed by atoms with Crippen molar-refractivity contribution in [2.24, 2.45) is 0 Å². The largest absolute Gasteiger partial charge is 0.370 e. The maximum Gasteiger partial charge on any atom is 0.163 e. The summed E-state index contributed by atoms with van der Waals surface area (Å²) in [5, 5.41) is 0. The van der Waals surface area contributed by atoms with Gasteiger partial charge in [-0.05, 0) is 33.1 Å². The first-order valence-electron chi connectivity index (χ1n) is 5.49. The van der Waals surface area contributed by atoms with Crippen molar-refractivity contribution in [2.45, 2.75) is 38.7 Å². The molecule has 0 radical (unpaired) electrons. The molecule has 1 heterocycles. The number of ketones is 1. The second-order valence-electron chi connectivity index (χ2n) is 4.30. The topological polar surface area (TPSA) is 52.1 Å². The Bertz CT molecular complexity index is 420. The fourth-order valence-corrected chi connectivity index (χ4v) is 2.05. The van der Waals surface area contributed by atoms with E-state index in [-0.39, 0.29) is 11.4 Å². The Morgan fingerprint density at radius 2 is 2.19 bits per heavy atom. The monoisotopic (exact) mass is 220 g/mol. The van der Waals surface area contributed by atoms with Crippen LogP contribution in [0.5, 0.6) is 0 Å². The molecule has 86 valence electrons. The molecule has 0 N–H and O–H groups in total. The van der Waals surface area contributed by atoms with Gasteiger partial charge in [-0.15, -0.1) is 0 Å². The summed E-state index contributed by atoms with van der Waals surface area (Å²) in [6.45, 7) is 3.37. The van der Waals surface area contributed by atoms with Crippen LogP contribution in [0.4, 0.5) is 0 Å². The van der Waals surface area contributed by atoms with Gasteiger partial charge in [0.1, 0.15) is 5.60 Å². The number of aromatic nitrogens is 2. The lowest BCUT2D eigenvalue weighted by molar-refractivity contribution is -0.0847. The molecule has 1 fully saturated rings. The third-order valence-corrected chi connectivity index (χ3v) is 3.32. The number of hydrogen-bond donors (Lipinski definition) is 0. The molecule has 1 aromatic rings. The molecule has 0 atom stereocenters. The third kappa shape index (κ3) is 1.63. The highest BCUT2D eigenvalue weighted by molar-refractivity contribution is 5.94. The van der Waals surface area contributed by atoms with Gasteiger partial charge in [0.05, 0.1) is 11.3 Å². The van der Waals surface area contributed by atoms with Gasteiger partial charge in [-0.1, -0.05) is 0 Å². The van der Waals surface area contributed by atoms with Crippen molar-refractivity contribution in [1.29, 1.82) is 0 Å². The molecular weight excluding hydrogens is 204 g/mol. The van der Waals surface area contributed by atoms with Gasteiger partial charge in [-0.25, -0.2) is 9.97 Å². The van der Waals surface area contributed by atoms with Crippen molar-refractivity contribution >= 4 is 5.78 Å². The molecule has 4 heteroatoms. The summed E-state index contributed by atoms with van der Waals surface area (Å²) < 4.78 is 5.51. The summed E-state index contributed by atoms with van der Waals surface area (Å²) in [7, 11) is 1.69. The maximum absolute atomic E-state index is 11.3. The van der Waals surface area contributed by atoms with E-state index in [1.165, 1.54) is 6.92 Å². The van der Waals surface area contributed by atoms with Gasteiger partial charge in [0.2, 0.25) is 0 Å². The average Bonchev–Trinajstić information content (AvgIpc) is 2.16. The van der Waals surface area contributed by atoms with Crippen molar-refractivity contribution in [3.05, 3.63) is 23.3 Å². The number of Topliss-reactive ketones (excluding diaryl/α,β-unsaturated/α-hetero) is 1. The van der Waals surface area contributed by atoms with Gasteiger partial charge < -0.3 is 4.74 Å². The predicted octanol–water partition coefficient (Wildman–Crippen LogP) is 2.01. The van der Waals surface area contributed by atoms with E-state index < -0.39 is 0 Å². The van der Waals surface area contributed by atoms with Crippen molar-refractivity contribution in [3.8, 4) is 0 Å². The van der Waals surface area contributed by atoms with Crippen LogP contribution in [-0.4, -0.2) is 22.9 Å². The summed E-state index contributed by atoms with van der Waals surface area (Å²) in [6.07, 6.45) is 4.68. The zero-order valence-corrected chi connectivity index (χ0v) is 9.91. The van der Waals surface area contributed by atoms with Crippen molar-refractivity contribution in [3.63, 3.8) is 0 Å². The van der Waals surface area contributed by atoms with Crippen LogP contribution in [0.25, 0.3) is 0 Å². The average molecular weight is 220 g/mol. The molecule has 0 aromatic carbocycles. The molecule has 0 aliphatic heterocycles. The molecule has 1 saturated carbocycles. The lowest BCUT2D eigenvalue weighted by atomic mass is 9.79. The second kappa shape index (κ2) is 3.94. The summed E-state index contributed by atoms with van der Waals surface area (Å²) in [4.78, 5) is 19.9. The third-order valence-electron chi connectivity index (χ3n) is 3.32. The normalized spacial score (nSPS) is 17.9. The molecule has 0 saturated heterocycles. The molecule has 1 aromatic heterocycles. The Labute approximate surface area is 95.1 Å². The van der Waals surface area contributed by atoms with Gasteiger partial charge in [0.25, 0.3) is 0 Å². The number of aryl methyl sites for hydroxylation is 1. The molecule has 16 heavy (non-hydrogen) atoms. The fraction of sp³-hybridized carbons (Fsp3) is 0.583. The molecule has 0 amide bonds. The Morgan fingerprint density at radius 3 is 2.56 bits per heavy atom. The fourth-order valence-electron chi connectivity index (χ4n) is 2.05. The van der Waals surface area contributed by atoms with Gasteiger partial charge in [0, 0.05) is 13.3 Å². The summed E-state index contributed by atoms with van der Waals surface area (Å²) in [5.74, 6) is 0.716. The molecule has 0 spiro atoms. The minimum Gasteiger partial charge on any atom is -0.370 e. The van der Waals surface area contributed by atoms with Crippen molar-refractivity contribution in [2.75, 3.05) is 7.11 Å². The first kappa shape index (κ1) is 11.2. The number of carbonyl (C=O) groups is 1. The van der Waals surface area contributed by atoms with Crippen LogP contribution in [0.2, 0.25) is 0 Å². The highest BCUT2D eigenvalue weighted by Crippen LogP contribution is 2.42. The van der Waals surface area contributed by atoms with Gasteiger partial charge in [-0.2, -0.15) is 0 Å². The Morgan fingerprint density at radius 1 is 1.50 bits per heavy atom. The number of rotatable bonds is 3. The van der Waals surface area contributed by atoms with Crippen LogP contribution in [0, 0.1) is 6.92 Å². The van der Waals surface area contributed by atoms with Crippen LogP contribution in [-0.2, 0) is 10.3 Å². The molecular formula is C12H16N2O2. The van der Waals surface area contributed by atoms with Gasteiger partial charge in [-0.3, -0.25) is 4.79 Å². The van der Waals surface area contributed by atoms with E-state index in [2.05, 4.69) is 9.97 Å². The summed E-state index contributed by atoms with van der Waals surface area (Å²) >= 11 is 0. The van der Waals surface area contributed by atoms with Crippen LogP contribution in [0.15, 0.2) is 6.20 Å². The molecule has 4 nitrogen and oxygen atoms in total. The zero-order chi connectivity index (χ0) is 11.8. The molecule has 1 aliphatic carbocycles. The smallest absolute Gasteiger partial charge is 0.163 e. The Kier molecular flexibility index (Phi) is 2.76. The molecule has 2 rings (SSSR count). The molecule has 0 bridgehead atoms. The standard InChI is InChI=1S/C12H16N2O2/c1-8-10(9(2)15)7-13-11(14-8)12(16-3)5-4-6-12/h7H,4-6H2,1-3H3. The van der Waals surface area contributed by atoms with E-state index in [1.54, 1.807) is 13.3 Å². The SMILES string of the molecule is COC1(c2ncc(C(C)=O)c(C)n2)CCC1. The van der Waals surface area contributed by atoms with Gasteiger partial charge >= 0.3 is 0 Å². The van der Waals surface area contributed by atoms with E-state index in [0.717, 1.165) is 25.0 Å². The Hall–Kier alpha value is -1.29. The molecule has 1 aliphatic rings. The van der Waals surface area contributed by atoms with Crippen LogP contribution in [0.3, 0.4) is 0 Å². The van der Waals surface area contributed by atoms with Gasteiger partial charge in [0.15, 0.2) is 11.6 Å². The van der Waals surface area contributed by atoms with Crippen LogP contribution >= 0.6 is 0 Å². The zero-order valence-electron chi connectivity index (χ0n) is 9.91. The van der Waals surface area contributed by atoms with E-state index in [9.17, 15) is 4.79 Å². The van der Waals surface area contributed by atoms with E-state index in [4.69, 9.17) is 4.74 Å². The minimum atomic E-state index is -0.305. The summed E-state index contributed by atoms with van der Waals surface area (Å²) in [5.41, 5.74) is 1.02. The highest BCUT2D eigenvalue weighted by atomic mass is 16.5. The van der Waals surface area contributed by atoms with E-state index >= 15 is 0 Å². The maximum atomic E-state index is 11.3. The van der Waals surface area contributed by atoms with Crippen LogP contribution in [0.1, 0.15) is 48.1 Å². The Balaban J connectivity index is 2.37. The number of nitrogens with zero attached hydrogens (tertiary/aromatic N) is 2. The number of methoxy groups -OCH3 is 1. The van der Waals surface area contributed by atoms with Crippen molar-refractivity contribution < 1.29 is 9.53 Å². The lowest BCUT2D eigenvalue weighted by Crippen LogP contribution is -2.38. The first-order valence-corrected chi connectivity index (χ1v) is 5.49. The minimum absolute atomic E-state index is 0.00382. The highest BCUT2D eigenvalue weighted by Gasteiger charge is 2.41. The van der Waals surface area contributed by atoms with Crippen LogP contribution < -0.4 is 0 Å². The predicted molar refractivity (Wildman–Crippen MR) is 59.3 cm³/mol. The number of ether oxygens (including phenoxy) is 1. The first-order chi connectivity index (χ1) is 7.59. The molecule has 0 unspecified atom stereocenters. The van der Waals surface area contributed by atoms with E-state index in [0.29, 0.717) is 11.4 Å². The van der Waals surface area contributed by atoms with E-state index in [1.807, 2.05) is 6.92 Å². The number of hydrogen-bond acceptors (Lipinski definition) is 4. The lowest BCUT2D eigenvalue weighted by Gasteiger charge is -2.38. The second-order valence-corrected chi connectivity index (χ2v) is 4.30. The van der Waals surface area contributed by atoms with Crippen molar-refractivity contribution in [1.82, 2.24) is 9.97 Å².